The van der Waals surface area contributed by atoms with Crippen molar-refractivity contribution < 1.29 is 22.7 Å². The van der Waals surface area contributed by atoms with Gasteiger partial charge in [-0.2, -0.15) is 0 Å². The van der Waals surface area contributed by atoms with E-state index in [0.717, 1.165) is 5.56 Å². The Hall–Kier alpha value is -2.87. The number of nitrogens with zero attached hydrogens (tertiary/aromatic N) is 1. The molecule has 3 rings (SSSR count). The number of anilines is 1. The molecule has 2 aromatic carbocycles. The summed E-state index contributed by atoms with van der Waals surface area (Å²) >= 11 is 0. The SMILES string of the molecule is CC(C)NC(=O)COC(=O)c1cccc(S(=O)(=O)N2c3ccccc3C[C@@H]2C)c1. The summed E-state index contributed by atoms with van der Waals surface area (Å²) in [4.78, 5) is 23.9. The molecule has 0 saturated heterocycles. The highest BCUT2D eigenvalue weighted by atomic mass is 32.2. The van der Waals surface area contributed by atoms with Gasteiger partial charge in [-0.25, -0.2) is 13.2 Å². The number of sulfonamides is 1. The number of carbonyl (C=O) groups excluding carboxylic acids is 2. The zero-order valence-corrected chi connectivity index (χ0v) is 17.4. The van der Waals surface area contributed by atoms with Crippen molar-refractivity contribution in [3.63, 3.8) is 0 Å². The monoisotopic (exact) mass is 416 g/mol. The molecular formula is C21H24N2O5S. The first-order valence-corrected chi connectivity index (χ1v) is 10.8. The van der Waals surface area contributed by atoms with Crippen molar-refractivity contribution in [2.45, 2.75) is 44.2 Å². The molecule has 0 spiro atoms. The van der Waals surface area contributed by atoms with Crippen LogP contribution >= 0.6 is 0 Å². The van der Waals surface area contributed by atoms with Crippen molar-refractivity contribution in [2.24, 2.45) is 0 Å². The Morgan fingerprint density at radius 3 is 2.62 bits per heavy atom. The largest absolute Gasteiger partial charge is 0.452 e. The smallest absolute Gasteiger partial charge is 0.338 e. The summed E-state index contributed by atoms with van der Waals surface area (Å²) in [5, 5.41) is 2.62. The number of hydrogen-bond donors (Lipinski definition) is 1. The Balaban J connectivity index is 1.82. The molecule has 1 aliphatic rings. The molecule has 1 N–H and O–H groups in total. The van der Waals surface area contributed by atoms with Crippen LogP contribution in [0.1, 0.15) is 36.7 Å². The molecule has 0 unspecified atom stereocenters. The van der Waals surface area contributed by atoms with Gasteiger partial charge in [0, 0.05) is 12.1 Å². The van der Waals surface area contributed by atoms with Crippen LogP contribution in [0.3, 0.4) is 0 Å². The maximum atomic E-state index is 13.3. The van der Waals surface area contributed by atoms with Crippen LogP contribution in [0.15, 0.2) is 53.4 Å². The predicted octanol–water partition coefficient (Wildman–Crippen LogP) is 2.51. The molecule has 1 heterocycles. The van der Waals surface area contributed by atoms with Crippen molar-refractivity contribution in [2.75, 3.05) is 10.9 Å². The summed E-state index contributed by atoms with van der Waals surface area (Å²) in [6.45, 7) is 5.02. The third-order valence-electron chi connectivity index (χ3n) is 4.56. The van der Waals surface area contributed by atoms with Gasteiger partial charge in [0.25, 0.3) is 15.9 Å². The van der Waals surface area contributed by atoms with Crippen LogP contribution in [0.2, 0.25) is 0 Å². The van der Waals surface area contributed by atoms with E-state index in [1.807, 2.05) is 19.1 Å². The highest BCUT2D eigenvalue weighted by molar-refractivity contribution is 7.92. The summed E-state index contributed by atoms with van der Waals surface area (Å²) in [7, 11) is -3.86. The third kappa shape index (κ3) is 4.42. The lowest BCUT2D eigenvalue weighted by Gasteiger charge is -2.24. The minimum absolute atomic E-state index is 0.00198. The fourth-order valence-corrected chi connectivity index (χ4v) is 5.12. The molecule has 154 valence electrons. The number of fused-ring (bicyclic) bond motifs is 1. The van der Waals surface area contributed by atoms with Crippen LogP contribution < -0.4 is 9.62 Å². The molecule has 1 atom stereocenters. The van der Waals surface area contributed by atoms with Gasteiger partial charge >= 0.3 is 5.97 Å². The molecule has 0 aromatic heterocycles. The van der Waals surface area contributed by atoms with Crippen LogP contribution in [0.5, 0.6) is 0 Å². The van der Waals surface area contributed by atoms with E-state index >= 15 is 0 Å². The lowest BCUT2D eigenvalue weighted by molar-refractivity contribution is -0.124. The molecular weight excluding hydrogens is 392 g/mol. The second kappa shape index (κ2) is 8.24. The zero-order chi connectivity index (χ0) is 21.2. The first kappa shape index (κ1) is 20.9. The first-order chi connectivity index (χ1) is 13.7. The third-order valence-corrected chi connectivity index (χ3v) is 6.48. The van der Waals surface area contributed by atoms with Gasteiger partial charge in [-0.3, -0.25) is 9.10 Å². The van der Waals surface area contributed by atoms with Crippen LogP contribution in [0.4, 0.5) is 5.69 Å². The first-order valence-electron chi connectivity index (χ1n) is 9.39. The van der Waals surface area contributed by atoms with Crippen molar-refractivity contribution in [3.05, 3.63) is 59.7 Å². The summed E-state index contributed by atoms with van der Waals surface area (Å²) in [5.74, 6) is -1.17. The van der Waals surface area contributed by atoms with E-state index in [-0.39, 0.29) is 22.5 Å². The number of nitrogens with one attached hydrogen (secondary N) is 1. The average Bonchev–Trinajstić information content (AvgIpc) is 3.02. The van der Waals surface area contributed by atoms with Crippen LogP contribution in [-0.2, 0) is 26.0 Å². The fourth-order valence-electron chi connectivity index (χ4n) is 3.38. The maximum Gasteiger partial charge on any atom is 0.338 e. The van der Waals surface area contributed by atoms with Crippen molar-refractivity contribution in [3.8, 4) is 0 Å². The molecule has 29 heavy (non-hydrogen) atoms. The Labute approximate surface area is 170 Å². The summed E-state index contributed by atoms with van der Waals surface area (Å²) in [6, 6.07) is 12.8. The average molecular weight is 416 g/mol. The molecule has 0 bridgehead atoms. The van der Waals surface area contributed by atoms with E-state index in [9.17, 15) is 18.0 Å². The van der Waals surface area contributed by atoms with E-state index < -0.39 is 28.5 Å². The number of amides is 1. The Morgan fingerprint density at radius 2 is 1.90 bits per heavy atom. The van der Waals surface area contributed by atoms with Gasteiger partial charge in [0.2, 0.25) is 0 Å². The van der Waals surface area contributed by atoms with E-state index in [0.29, 0.717) is 12.1 Å². The van der Waals surface area contributed by atoms with E-state index in [4.69, 9.17) is 4.74 Å². The molecule has 0 aliphatic carbocycles. The second-order valence-corrected chi connectivity index (χ2v) is 9.12. The number of esters is 1. The maximum absolute atomic E-state index is 13.3. The summed E-state index contributed by atoms with van der Waals surface area (Å²) in [6.07, 6.45) is 0.627. The standard InChI is InChI=1S/C21H24N2O5S/c1-14(2)22-20(24)13-28-21(25)17-8-6-9-18(12-17)29(26,27)23-15(3)11-16-7-4-5-10-19(16)23/h4-10,12,14-15H,11,13H2,1-3H3,(H,22,24)/t15-/m0/s1. The van der Waals surface area contributed by atoms with Gasteiger partial charge < -0.3 is 10.1 Å². The van der Waals surface area contributed by atoms with Crippen molar-refractivity contribution in [1.29, 1.82) is 0 Å². The van der Waals surface area contributed by atoms with Gasteiger partial charge in [0.15, 0.2) is 6.61 Å². The molecule has 1 aliphatic heterocycles. The lowest BCUT2D eigenvalue weighted by atomic mass is 10.1. The minimum atomic E-state index is -3.86. The van der Waals surface area contributed by atoms with E-state index in [1.165, 1.54) is 28.6 Å². The number of benzene rings is 2. The van der Waals surface area contributed by atoms with Crippen LogP contribution in [0, 0.1) is 0 Å². The van der Waals surface area contributed by atoms with Gasteiger partial charge in [0.05, 0.1) is 16.1 Å². The van der Waals surface area contributed by atoms with Crippen molar-refractivity contribution in [1.82, 2.24) is 5.32 Å². The highest BCUT2D eigenvalue weighted by Gasteiger charge is 2.36. The number of ether oxygens (including phenoxy) is 1. The number of rotatable bonds is 6. The Morgan fingerprint density at radius 1 is 1.17 bits per heavy atom. The normalized spacial score (nSPS) is 15.9. The zero-order valence-electron chi connectivity index (χ0n) is 16.6. The Bertz CT molecular complexity index is 1030. The topological polar surface area (TPSA) is 92.8 Å². The van der Waals surface area contributed by atoms with E-state index in [2.05, 4.69) is 5.32 Å². The summed E-state index contributed by atoms with van der Waals surface area (Å²) < 4.78 is 33.0. The van der Waals surface area contributed by atoms with Crippen LogP contribution in [0.25, 0.3) is 0 Å². The van der Waals surface area contributed by atoms with Crippen molar-refractivity contribution >= 4 is 27.6 Å². The second-order valence-electron chi connectivity index (χ2n) is 7.31. The molecule has 0 saturated carbocycles. The molecule has 1 amide bonds. The summed E-state index contributed by atoms with van der Waals surface area (Å²) in [5.41, 5.74) is 1.69. The van der Waals surface area contributed by atoms with Gasteiger partial charge in [-0.1, -0.05) is 24.3 Å². The fraction of sp³-hybridized carbons (Fsp3) is 0.333. The molecule has 8 heteroatoms. The van der Waals surface area contributed by atoms with Gasteiger partial charge in [0.1, 0.15) is 0 Å². The molecule has 7 nitrogen and oxygen atoms in total. The number of carbonyl (C=O) groups is 2. The highest BCUT2D eigenvalue weighted by Crippen LogP contribution is 2.36. The van der Waals surface area contributed by atoms with E-state index in [1.54, 1.807) is 26.0 Å². The molecule has 0 fully saturated rings. The minimum Gasteiger partial charge on any atom is -0.452 e. The number of hydrogen-bond acceptors (Lipinski definition) is 5. The lowest BCUT2D eigenvalue weighted by Crippen LogP contribution is -2.35. The quantitative estimate of drug-likeness (QED) is 0.731. The predicted molar refractivity (Wildman–Crippen MR) is 109 cm³/mol. The number of para-hydroxylation sites is 1. The van der Waals surface area contributed by atoms with Crippen LogP contribution in [-0.4, -0.2) is 39.0 Å². The molecule has 0 radical (unpaired) electrons. The van der Waals surface area contributed by atoms with Gasteiger partial charge in [-0.15, -0.1) is 0 Å². The Kier molecular flexibility index (Phi) is 5.93. The van der Waals surface area contributed by atoms with Gasteiger partial charge in [-0.05, 0) is 57.0 Å². The molecule has 2 aromatic rings.